The van der Waals surface area contributed by atoms with Crippen LogP contribution in [0.2, 0.25) is 0 Å². The van der Waals surface area contributed by atoms with E-state index in [2.05, 4.69) is 10.6 Å². The molecule has 1 aliphatic heterocycles. The summed E-state index contributed by atoms with van der Waals surface area (Å²) < 4.78 is 0. The Kier molecular flexibility index (Phi) is 6.23. The molecule has 0 aromatic carbocycles. The van der Waals surface area contributed by atoms with Gasteiger partial charge in [-0.3, -0.25) is 24.1 Å². The van der Waals surface area contributed by atoms with E-state index in [0.717, 1.165) is 23.2 Å². The lowest BCUT2D eigenvalue weighted by molar-refractivity contribution is -0.130. The monoisotopic (exact) mass is 327 g/mol. The van der Waals surface area contributed by atoms with Crippen molar-refractivity contribution in [1.82, 2.24) is 15.5 Å². The molecule has 1 saturated carbocycles. The Morgan fingerprint density at radius 2 is 1.95 bits per heavy atom. The molecular weight excluding hydrogens is 306 g/mol. The van der Waals surface area contributed by atoms with Gasteiger partial charge < -0.3 is 10.6 Å². The van der Waals surface area contributed by atoms with E-state index < -0.39 is 0 Å². The average Bonchev–Trinajstić information content (AvgIpc) is 2.74. The van der Waals surface area contributed by atoms with E-state index in [-0.39, 0.29) is 35.3 Å². The van der Waals surface area contributed by atoms with E-state index in [1.54, 1.807) is 0 Å². The number of carbonyl (C=O) groups excluding carboxylic acids is 4. The van der Waals surface area contributed by atoms with Gasteiger partial charge in [-0.1, -0.05) is 18.2 Å². The largest absolute Gasteiger partial charge is 0.356 e. The normalized spacial score (nSPS) is 18.3. The second-order valence-corrected chi connectivity index (χ2v) is 6.52. The lowest BCUT2D eigenvalue weighted by atomic mass is 9.85. The molecular formula is C14H21N3O4S. The minimum atomic E-state index is -0.379. The lowest BCUT2D eigenvalue weighted by Gasteiger charge is -2.25. The maximum Gasteiger partial charge on any atom is 0.289 e. The Morgan fingerprint density at radius 3 is 2.55 bits per heavy atom. The molecule has 1 heterocycles. The maximum atomic E-state index is 11.6. The van der Waals surface area contributed by atoms with E-state index >= 15 is 0 Å². The van der Waals surface area contributed by atoms with E-state index in [0.29, 0.717) is 25.3 Å². The highest BCUT2D eigenvalue weighted by Crippen LogP contribution is 2.25. The van der Waals surface area contributed by atoms with Crippen molar-refractivity contribution < 1.29 is 19.2 Å². The van der Waals surface area contributed by atoms with Gasteiger partial charge in [0.05, 0.1) is 5.75 Å². The van der Waals surface area contributed by atoms with E-state index in [4.69, 9.17) is 0 Å². The van der Waals surface area contributed by atoms with Crippen LogP contribution in [-0.4, -0.2) is 53.2 Å². The summed E-state index contributed by atoms with van der Waals surface area (Å²) in [5, 5.41) is 5.13. The second kappa shape index (κ2) is 8.17. The van der Waals surface area contributed by atoms with E-state index in [1.165, 1.54) is 19.3 Å². The van der Waals surface area contributed by atoms with Gasteiger partial charge in [-0.15, -0.1) is 0 Å². The number of carbonyl (C=O) groups is 4. The molecule has 4 amide bonds. The van der Waals surface area contributed by atoms with Crippen LogP contribution in [0.15, 0.2) is 0 Å². The molecule has 1 aliphatic carbocycles. The predicted octanol–water partition coefficient (Wildman–Crippen LogP) is 0.494. The number of hydrogen-bond acceptors (Lipinski definition) is 5. The zero-order valence-electron chi connectivity index (χ0n) is 12.4. The minimum Gasteiger partial charge on any atom is -0.356 e. The van der Waals surface area contributed by atoms with Crippen LogP contribution >= 0.6 is 11.8 Å². The molecule has 0 aromatic heterocycles. The molecule has 8 heteroatoms. The quantitative estimate of drug-likeness (QED) is 0.633. The van der Waals surface area contributed by atoms with Gasteiger partial charge in [-0.25, -0.2) is 0 Å². The third kappa shape index (κ3) is 5.01. The maximum absolute atomic E-state index is 11.6. The number of nitrogens with one attached hydrogen (secondary N) is 2. The van der Waals surface area contributed by atoms with Gasteiger partial charge >= 0.3 is 0 Å². The van der Waals surface area contributed by atoms with Crippen molar-refractivity contribution in [2.24, 2.45) is 5.92 Å². The number of nitrogens with zero attached hydrogens (tertiary/aromatic N) is 1. The summed E-state index contributed by atoms with van der Waals surface area (Å²) in [5.41, 5.74) is 0. The standard InChI is InChI=1S/C14H21N3O4S/c18-11(16-7-10-3-1-4-10)5-2-6-15-12(19)8-17-13(20)9-22-14(17)21/h10H,1-9H2,(H,15,19)(H,16,18). The smallest absolute Gasteiger partial charge is 0.289 e. The molecule has 122 valence electrons. The molecule has 1 saturated heterocycles. The van der Waals surface area contributed by atoms with Crippen molar-refractivity contribution in [2.75, 3.05) is 25.4 Å². The molecule has 7 nitrogen and oxygen atoms in total. The van der Waals surface area contributed by atoms with Crippen molar-refractivity contribution in [3.63, 3.8) is 0 Å². The first-order valence-corrected chi connectivity index (χ1v) is 8.55. The van der Waals surface area contributed by atoms with Crippen LogP contribution in [0.3, 0.4) is 0 Å². The highest BCUT2D eigenvalue weighted by Gasteiger charge is 2.31. The summed E-state index contributed by atoms with van der Waals surface area (Å²) in [4.78, 5) is 46.8. The van der Waals surface area contributed by atoms with Crippen LogP contribution < -0.4 is 10.6 Å². The zero-order chi connectivity index (χ0) is 15.9. The van der Waals surface area contributed by atoms with Crippen LogP contribution in [0.4, 0.5) is 4.79 Å². The first-order chi connectivity index (χ1) is 10.6. The highest BCUT2D eigenvalue weighted by molar-refractivity contribution is 8.14. The Balaban J connectivity index is 1.52. The van der Waals surface area contributed by atoms with Crippen molar-refractivity contribution in [3.05, 3.63) is 0 Å². The topological polar surface area (TPSA) is 95.6 Å². The van der Waals surface area contributed by atoms with Gasteiger partial charge in [0.25, 0.3) is 5.24 Å². The highest BCUT2D eigenvalue weighted by atomic mass is 32.2. The summed E-state index contributed by atoms with van der Waals surface area (Å²) in [6.45, 7) is 0.875. The third-order valence-electron chi connectivity index (χ3n) is 3.86. The summed E-state index contributed by atoms with van der Waals surface area (Å²) in [5.74, 6) is 0.0342. The Morgan fingerprint density at radius 1 is 1.18 bits per heavy atom. The van der Waals surface area contributed by atoms with E-state index in [9.17, 15) is 19.2 Å². The summed E-state index contributed by atoms with van der Waals surface area (Å²) in [6.07, 6.45) is 4.56. The first-order valence-electron chi connectivity index (χ1n) is 7.57. The Labute approximate surface area is 133 Å². The second-order valence-electron chi connectivity index (χ2n) is 5.59. The fraction of sp³-hybridized carbons (Fsp3) is 0.714. The van der Waals surface area contributed by atoms with Crippen LogP contribution in [0.5, 0.6) is 0 Å². The van der Waals surface area contributed by atoms with E-state index in [1.807, 2.05) is 0 Å². The van der Waals surface area contributed by atoms with Gasteiger partial charge in [0.15, 0.2) is 0 Å². The number of amides is 4. The molecule has 0 spiro atoms. The molecule has 2 aliphatic rings. The average molecular weight is 327 g/mol. The number of rotatable bonds is 8. The SMILES string of the molecule is O=C(CCCNC(=O)CN1C(=O)CSC1=O)NCC1CCC1. The summed E-state index contributed by atoms with van der Waals surface area (Å²) in [6, 6.07) is 0. The Hall–Kier alpha value is -1.57. The van der Waals surface area contributed by atoms with Crippen molar-refractivity contribution in [1.29, 1.82) is 0 Å². The molecule has 0 unspecified atom stereocenters. The zero-order valence-corrected chi connectivity index (χ0v) is 13.2. The molecule has 22 heavy (non-hydrogen) atoms. The summed E-state index contributed by atoms with van der Waals surface area (Å²) in [7, 11) is 0. The van der Waals surface area contributed by atoms with Gasteiger partial charge in [0.1, 0.15) is 6.54 Å². The van der Waals surface area contributed by atoms with Gasteiger partial charge in [0, 0.05) is 19.5 Å². The third-order valence-corrected chi connectivity index (χ3v) is 4.72. The minimum absolute atomic E-state index is 0.00227. The Bertz CT molecular complexity index is 449. The fourth-order valence-corrected chi connectivity index (χ4v) is 2.98. The molecule has 0 atom stereocenters. The molecule has 2 rings (SSSR count). The first kappa shape index (κ1) is 16.8. The lowest BCUT2D eigenvalue weighted by Crippen LogP contribution is -2.40. The van der Waals surface area contributed by atoms with Crippen LogP contribution in [0.1, 0.15) is 32.1 Å². The van der Waals surface area contributed by atoms with Crippen LogP contribution in [-0.2, 0) is 14.4 Å². The predicted molar refractivity (Wildman–Crippen MR) is 82.2 cm³/mol. The molecule has 2 fully saturated rings. The summed E-state index contributed by atoms with van der Waals surface area (Å²) >= 11 is 0.907. The van der Waals surface area contributed by atoms with Crippen LogP contribution in [0, 0.1) is 5.92 Å². The van der Waals surface area contributed by atoms with Gasteiger partial charge in [0.2, 0.25) is 17.7 Å². The number of hydrogen-bond donors (Lipinski definition) is 2. The number of imide groups is 1. The molecule has 2 N–H and O–H groups in total. The molecule has 0 radical (unpaired) electrons. The van der Waals surface area contributed by atoms with Crippen molar-refractivity contribution >= 4 is 34.7 Å². The fourth-order valence-electron chi connectivity index (χ4n) is 2.25. The molecule has 0 bridgehead atoms. The van der Waals surface area contributed by atoms with Gasteiger partial charge in [-0.2, -0.15) is 0 Å². The van der Waals surface area contributed by atoms with Crippen molar-refractivity contribution in [2.45, 2.75) is 32.1 Å². The molecule has 0 aromatic rings. The van der Waals surface area contributed by atoms with Crippen molar-refractivity contribution in [3.8, 4) is 0 Å². The number of thioether (sulfide) groups is 1. The van der Waals surface area contributed by atoms with Crippen LogP contribution in [0.25, 0.3) is 0 Å². The van der Waals surface area contributed by atoms with Gasteiger partial charge in [-0.05, 0) is 25.2 Å².